The summed E-state index contributed by atoms with van der Waals surface area (Å²) in [6.07, 6.45) is 4.61. The highest BCUT2D eigenvalue weighted by Crippen LogP contribution is 2.28. The Balaban J connectivity index is 2.05. The van der Waals surface area contributed by atoms with Crippen molar-refractivity contribution in [1.82, 2.24) is 4.72 Å². The average molecular weight is 310 g/mol. The zero-order valence-electron chi connectivity index (χ0n) is 13.1. The Hall–Kier alpha value is -1.07. The van der Waals surface area contributed by atoms with Crippen LogP contribution in [0.2, 0.25) is 0 Å². The van der Waals surface area contributed by atoms with E-state index in [9.17, 15) is 8.42 Å². The van der Waals surface area contributed by atoms with Crippen LogP contribution in [0.5, 0.6) is 0 Å². The molecular formula is C16H26N2O2S. The summed E-state index contributed by atoms with van der Waals surface area (Å²) >= 11 is 0. The van der Waals surface area contributed by atoms with Crippen LogP contribution in [-0.2, 0) is 10.0 Å². The molecule has 0 aliphatic heterocycles. The quantitative estimate of drug-likeness (QED) is 0.840. The Morgan fingerprint density at radius 3 is 2.38 bits per heavy atom. The molecule has 1 fully saturated rings. The summed E-state index contributed by atoms with van der Waals surface area (Å²) in [4.78, 5) is 0.271. The van der Waals surface area contributed by atoms with Gasteiger partial charge in [0.05, 0.1) is 4.90 Å². The smallest absolute Gasteiger partial charge is 0.240 e. The first-order chi connectivity index (χ1) is 9.79. The third-order valence-corrected chi connectivity index (χ3v) is 6.09. The minimum Gasteiger partial charge on any atom is -0.398 e. The first-order valence-electron chi connectivity index (χ1n) is 7.66. The van der Waals surface area contributed by atoms with Crippen LogP contribution in [0.25, 0.3) is 0 Å². The Labute approximate surface area is 128 Å². The maximum atomic E-state index is 12.4. The molecule has 1 aromatic carbocycles. The average Bonchev–Trinajstić information content (AvgIpc) is 2.43. The van der Waals surface area contributed by atoms with Crippen LogP contribution in [-0.4, -0.2) is 15.0 Å². The predicted molar refractivity (Wildman–Crippen MR) is 86.6 cm³/mol. The molecule has 0 heterocycles. The second-order valence-electron chi connectivity index (χ2n) is 6.43. The molecule has 5 heteroatoms. The lowest BCUT2D eigenvalue weighted by molar-refractivity contribution is 0.290. The van der Waals surface area contributed by atoms with Gasteiger partial charge in [0.2, 0.25) is 10.0 Å². The van der Waals surface area contributed by atoms with E-state index in [4.69, 9.17) is 5.73 Å². The van der Waals surface area contributed by atoms with Crippen molar-refractivity contribution in [3.8, 4) is 0 Å². The van der Waals surface area contributed by atoms with E-state index in [1.165, 1.54) is 12.8 Å². The number of rotatable bonds is 4. The van der Waals surface area contributed by atoms with Gasteiger partial charge >= 0.3 is 0 Å². The number of sulfonamides is 1. The van der Waals surface area contributed by atoms with Crippen molar-refractivity contribution in [2.75, 3.05) is 12.3 Å². The second kappa shape index (κ2) is 6.36. The third kappa shape index (κ3) is 3.98. The van der Waals surface area contributed by atoms with Gasteiger partial charge in [-0.15, -0.1) is 0 Å². The number of aryl methyl sites for hydroxylation is 1. The van der Waals surface area contributed by atoms with Crippen LogP contribution in [0.4, 0.5) is 5.69 Å². The highest BCUT2D eigenvalue weighted by atomic mass is 32.2. The Morgan fingerprint density at radius 1 is 1.19 bits per heavy atom. The van der Waals surface area contributed by atoms with Gasteiger partial charge < -0.3 is 5.73 Å². The van der Waals surface area contributed by atoms with Gasteiger partial charge in [0, 0.05) is 12.2 Å². The first-order valence-corrected chi connectivity index (χ1v) is 9.14. The van der Waals surface area contributed by atoms with Crippen LogP contribution in [0.1, 0.15) is 43.7 Å². The summed E-state index contributed by atoms with van der Waals surface area (Å²) in [5, 5.41) is 0. The third-order valence-electron chi connectivity index (χ3n) is 4.69. The molecule has 1 aliphatic rings. The van der Waals surface area contributed by atoms with Gasteiger partial charge in [0.15, 0.2) is 0 Å². The maximum Gasteiger partial charge on any atom is 0.240 e. The molecular weight excluding hydrogens is 284 g/mol. The lowest BCUT2D eigenvalue weighted by Crippen LogP contribution is -2.31. The van der Waals surface area contributed by atoms with E-state index >= 15 is 0 Å². The summed E-state index contributed by atoms with van der Waals surface area (Å²) < 4.78 is 27.5. The van der Waals surface area contributed by atoms with Crippen LogP contribution in [0, 0.1) is 25.7 Å². The SMILES string of the molecule is Cc1cc(S(=O)(=O)NCC2CCC(C)CC2)cc(N)c1C. The molecule has 118 valence electrons. The zero-order valence-corrected chi connectivity index (χ0v) is 14.0. The fourth-order valence-electron chi connectivity index (χ4n) is 2.85. The standard InChI is InChI=1S/C16H26N2O2S/c1-11-4-6-14(7-5-11)10-18-21(19,20)15-8-12(2)13(3)16(17)9-15/h8-9,11,14,18H,4-7,10,17H2,1-3H3. The molecule has 0 bridgehead atoms. The zero-order chi connectivity index (χ0) is 15.6. The second-order valence-corrected chi connectivity index (χ2v) is 8.20. The number of nitrogens with one attached hydrogen (secondary N) is 1. The van der Waals surface area contributed by atoms with Gasteiger partial charge in [-0.25, -0.2) is 13.1 Å². The molecule has 3 N–H and O–H groups in total. The molecule has 21 heavy (non-hydrogen) atoms. The van der Waals surface area contributed by atoms with Gasteiger partial charge in [-0.3, -0.25) is 0 Å². The molecule has 0 amide bonds. The minimum absolute atomic E-state index is 0.271. The molecule has 0 unspecified atom stereocenters. The molecule has 4 nitrogen and oxygen atoms in total. The lowest BCUT2D eigenvalue weighted by Gasteiger charge is -2.26. The topological polar surface area (TPSA) is 72.2 Å². The highest BCUT2D eigenvalue weighted by molar-refractivity contribution is 7.89. The van der Waals surface area contributed by atoms with Crippen molar-refractivity contribution >= 4 is 15.7 Å². The van der Waals surface area contributed by atoms with Gasteiger partial charge in [0.1, 0.15) is 0 Å². The minimum atomic E-state index is -3.46. The van der Waals surface area contributed by atoms with E-state index in [0.29, 0.717) is 18.2 Å². The van der Waals surface area contributed by atoms with Crippen LogP contribution < -0.4 is 10.5 Å². The number of hydrogen-bond donors (Lipinski definition) is 2. The fourth-order valence-corrected chi connectivity index (χ4v) is 4.09. The number of anilines is 1. The molecule has 1 aromatic rings. The van der Waals surface area contributed by atoms with Crippen molar-refractivity contribution < 1.29 is 8.42 Å². The van der Waals surface area contributed by atoms with E-state index in [0.717, 1.165) is 29.9 Å². The van der Waals surface area contributed by atoms with Gasteiger partial charge in [0.25, 0.3) is 0 Å². The Bertz CT molecular complexity index is 580. The molecule has 2 rings (SSSR count). The van der Waals surface area contributed by atoms with E-state index in [-0.39, 0.29) is 4.90 Å². The van der Waals surface area contributed by atoms with Gasteiger partial charge in [-0.05, 0) is 61.8 Å². The number of benzene rings is 1. The summed E-state index contributed by atoms with van der Waals surface area (Å²) in [6.45, 7) is 6.57. The molecule has 0 radical (unpaired) electrons. The van der Waals surface area contributed by atoms with Crippen LogP contribution >= 0.6 is 0 Å². The number of nitrogen functional groups attached to an aromatic ring is 1. The van der Waals surface area contributed by atoms with Crippen LogP contribution in [0.15, 0.2) is 17.0 Å². The summed E-state index contributed by atoms with van der Waals surface area (Å²) in [6, 6.07) is 3.24. The van der Waals surface area contributed by atoms with E-state index in [1.54, 1.807) is 12.1 Å². The monoisotopic (exact) mass is 310 g/mol. The first kappa shape index (κ1) is 16.3. The summed E-state index contributed by atoms with van der Waals surface area (Å²) in [5.41, 5.74) is 8.25. The fraction of sp³-hybridized carbons (Fsp3) is 0.625. The molecule has 0 saturated heterocycles. The van der Waals surface area contributed by atoms with E-state index < -0.39 is 10.0 Å². The molecule has 1 saturated carbocycles. The van der Waals surface area contributed by atoms with Crippen LogP contribution in [0.3, 0.4) is 0 Å². The van der Waals surface area contributed by atoms with Gasteiger partial charge in [-0.1, -0.05) is 19.8 Å². The van der Waals surface area contributed by atoms with Crippen molar-refractivity contribution in [2.24, 2.45) is 11.8 Å². The highest BCUT2D eigenvalue weighted by Gasteiger charge is 2.22. The molecule has 1 aliphatic carbocycles. The van der Waals surface area contributed by atoms with Gasteiger partial charge in [-0.2, -0.15) is 0 Å². The Morgan fingerprint density at radius 2 is 1.81 bits per heavy atom. The largest absolute Gasteiger partial charge is 0.398 e. The summed E-state index contributed by atoms with van der Waals surface area (Å²) in [7, 11) is -3.46. The van der Waals surface area contributed by atoms with E-state index in [1.807, 2.05) is 13.8 Å². The molecule has 0 aromatic heterocycles. The van der Waals surface area contributed by atoms with Crippen molar-refractivity contribution in [3.05, 3.63) is 23.3 Å². The van der Waals surface area contributed by atoms with Crippen molar-refractivity contribution in [1.29, 1.82) is 0 Å². The number of hydrogen-bond acceptors (Lipinski definition) is 3. The summed E-state index contributed by atoms with van der Waals surface area (Å²) in [5.74, 6) is 1.23. The lowest BCUT2D eigenvalue weighted by atomic mass is 9.83. The van der Waals surface area contributed by atoms with Crippen molar-refractivity contribution in [3.63, 3.8) is 0 Å². The van der Waals surface area contributed by atoms with E-state index in [2.05, 4.69) is 11.6 Å². The molecule has 0 spiro atoms. The number of nitrogens with two attached hydrogens (primary N) is 1. The Kier molecular flexibility index (Phi) is 4.94. The normalized spacial score (nSPS) is 23.2. The van der Waals surface area contributed by atoms with Crippen molar-refractivity contribution in [2.45, 2.75) is 51.3 Å². The molecule has 0 atom stereocenters. The predicted octanol–water partition coefficient (Wildman–Crippen LogP) is 2.99. The maximum absolute atomic E-state index is 12.4.